The van der Waals surface area contributed by atoms with E-state index < -0.39 is 17.7 Å². The Morgan fingerprint density at radius 3 is 2.54 bits per heavy atom. The molecule has 1 fully saturated rings. The number of carbonyl (C=O) groups is 2. The van der Waals surface area contributed by atoms with Gasteiger partial charge in [0.1, 0.15) is 16.5 Å². The molecule has 1 saturated heterocycles. The van der Waals surface area contributed by atoms with Crippen LogP contribution in [0.3, 0.4) is 0 Å². The molecule has 2 aromatic rings. The Hall–Kier alpha value is -2.52. The van der Waals surface area contributed by atoms with Gasteiger partial charge in [0.2, 0.25) is 0 Å². The Morgan fingerprint density at radius 1 is 1.19 bits per heavy atom. The number of benzene rings is 1. The lowest BCUT2D eigenvalue weighted by Crippen LogP contribution is -2.45. The third kappa shape index (κ3) is 4.36. The second-order valence-electron chi connectivity index (χ2n) is 6.02. The van der Waals surface area contributed by atoms with Crippen molar-refractivity contribution in [2.45, 2.75) is 18.9 Å². The summed E-state index contributed by atoms with van der Waals surface area (Å²) in [5, 5.41) is 8.50. The quantitative estimate of drug-likeness (QED) is 0.657. The van der Waals surface area contributed by atoms with Crippen molar-refractivity contribution in [3.8, 4) is 10.4 Å². The van der Waals surface area contributed by atoms with Crippen molar-refractivity contribution in [3.63, 3.8) is 0 Å². The number of thiophene rings is 1. The molecule has 138 valence electrons. The van der Waals surface area contributed by atoms with Gasteiger partial charge in [0.15, 0.2) is 0 Å². The molecule has 1 atom stereocenters. The van der Waals surface area contributed by atoms with E-state index in [1.54, 1.807) is 0 Å². The number of hydrogen-bond acceptors (Lipinski definition) is 4. The second kappa shape index (κ2) is 7.79. The summed E-state index contributed by atoms with van der Waals surface area (Å²) < 4.78 is 27.0. The van der Waals surface area contributed by atoms with Gasteiger partial charge in [-0.05, 0) is 43.1 Å². The number of amides is 3. The van der Waals surface area contributed by atoms with Crippen molar-refractivity contribution in [1.82, 2.24) is 10.6 Å². The summed E-state index contributed by atoms with van der Waals surface area (Å²) in [6.07, 6.45) is 1.81. The number of rotatable bonds is 4. The zero-order valence-corrected chi connectivity index (χ0v) is 14.6. The molecular weight excluding hydrogens is 362 g/mol. The first-order valence-electron chi connectivity index (χ1n) is 8.10. The molecule has 3 rings (SSSR count). The van der Waals surface area contributed by atoms with Crippen LogP contribution < -0.4 is 21.7 Å². The summed E-state index contributed by atoms with van der Waals surface area (Å²) in [4.78, 5) is 24.5. The van der Waals surface area contributed by atoms with E-state index in [1.807, 2.05) is 0 Å². The summed E-state index contributed by atoms with van der Waals surface area (Å²) in [7, 11) is 0. The molecule has 1 aromatic heterocycles. The third-order valence-corrected chi connectivity index (χ3v) is 5.16. The van der Waals surface area contributed by atoms with Crippen LogP contribution in [-0.4, -0.2) is 31.1 Å². The normalized spacial score (nSPS) is 16.9. The summed E-state index contributed by atoms with van der Waals surface area (Å²) in [6, 6.07) is 3.73. The molecule has 3 amide bonds. The SMILES string of the molecule is NC(=O)Nc1cc(-c2cc(F)cc(F)c2)sc1C(=O)N[C@H]1CCCNC1. The fourth-order valence-electron chi connectivity index (χ4n) is 2.85. The van der Waals surface area contributed by atoms with Crippen LogP contribution in [0.15, 0.2) is 24.3 Å². The monoisotopic (exact) mass is 380 g/mol. The van der Waals surface area contributed by atoms with Crippen LogP contribution in [0.4, 0.5) is 19.3 Å². The summed E-state index contributed by atoms with van der Waals surface area (Å²) >= 11 is 1.03. The highest BCUT2D eigenvalue weighted by atomic mass is 32.1. The fraction of sp³-hybridized carbons (Fsp3) is 0.294. The average molecular weight is 380 g/mol. The molecule has 0 saturated carbocycles. The van der Waals surface area contributed by atoms with Crippen LogP contribution in [0.2, 0.25) is 0 Å². The lowest BCUT2D eigenvalue weighted by molar-refractivity contribution is 0.0935. The largest absolute Gasteiger partial charge is 0.351 e. The van der Waals surface area contributed by atoms with E-state index >= 15 is 0 Å². The fourth-order valence-corrected chi connectivity index (χ4v) is 3.85. The number of nitrogens with one attached hydrogen (secondary N) is 3. The lowest BCUT2D eigenvalue weighted by Gasteiger charge is -2.23. The van der Waals surface area contributed by atoms with E-state index in [9.17, 15) is 18.4 Å². The van der Waals surface area contributed by atoms with E-state index in [-0.39, 0.29) is 28.1 Å². The molecule has 6 nitrogen and oxygen atoms in total. The van der Waals surface area contributed by atoms with Crippen LogP contribution in [0.1, 0.15) is 22.5 Å². The molecule has 26 heavy (non-hydrogen) atoms. The minimum atomic E-state index is -0.826. The maximum atomic E-state index is 13.5. The van der Waals surface area contributed by atoms with E-state index in [4.69, 9.17) is 5.73 Å². The van der Waals surface area contributed by atoms with E-state index in [2.05, 4.69) is 16.0 Å². The molecule has 2 heterocycles. The molecular formula is C17H18F2N4O2S. The minimum Gasteiger partial charge on any atom is -0.351 e. The van der Waals surface area contributed by atoms with Crippen LogP contribution in [0.5, 0.6) is 0 Å². The standard InChI is InChI=1S/C17H18F2N4O2S/c18-10-4-9(5-11(19)6-10)14-7-13(23-17(20)25)15(26-14)16(24)22-12-2-1-3-21-8-12/h4-7,12,21H,1-3,8H2,(H,22,24)(H3,20,23,25)/t12-/m0/s1. The lowest BCUT2D eigenvalue weighted by atomic mass is 10.1. The van der Waals surface area contributed by atoms with Crippen LogP contribution >= 0.6 is 11.3 Å². The maximum absolute atomic E-state index is 13.5. The Kier molecular flexibility index (Phi) is 5.48. The Bertz CT molecular complexity index is 814. The van der Waals surface area contributed by atoms with Gasteiger partial charge in [-0.3, -0.25) is 4.79 Å². The number of piperidine rings is 1. The highest BCUT2D eigenvalue weighted by Gasteiger charge is 2.22. The molecule has 0 spiro atoms. The van der Waals surface area contributed by atoms with E-state index in [1.165, 1.54) is 6.07 Å². The number of primary amides is 1. The van der Waals surface area contributed by atoms with Crippen molar-refractivity contribution in [2.75, 3.05) is 18.4 Å². The van der Waals surface area contributed by atoms with Crippen LogP contribution in [-0.2, 0) is 0 Å². The first-order chi connectivity index (χ1) is 12.4. The number of halogens is 2. The average Bonchev–Trinajstić information content (AvgIpc) is 2.98. The molecule has 0 radical (unpaired) electrons. The first kappa shape index (κ1) is 18.3. The predicted molar refractivity (Wildman–Crippen MR) is 96.2 cm³/mol. The van der Waals surface area contributed by atoms with Gasteiger partial charge in [0.25, 0.3) is 5.91 Å². The number of anilines is 1. The van der Waals surface area contributed by atoms with Gasteiger partial charge in [-0.15, -0.1) is 11.3 Å². The van der Waals surface area contributed by atoms with Gasteiger partial charge in [0.05, 0.1) is 5.69 Å². The van der Waals surface area contributed by atoms with E-state index in [0.29, 0.717) is 11.4 Å². The van der Waals surface area contributed by atoms with Crippen molar-refractivity contribution in [3.05, 3.63) is 40.8 Å². The summed E-state index contributed by atoms with van der Waals surface area (Å²) in [5.74, 6) is -1.82. The number of carbonyl (C=O) groups excluding carboxylic acids is 2. The Morgan fingerprint density at radius 2 is 1.92 bits per heavy atom. The predicted octanol–water partition coefficient (Wildman–Crippen LogP) is 2.67. The smallest absolute Gasteiger partial charge is 0.316 e. The minimum absolute atomic E-state index is 0.0187. The molecule has 0 unspecified atom stereocenters. The number of urea groups is 1. The van der Waals surface area contributed by atoms with Gasteiger partial charge in [0, 0.05) is 23.5 Å². The molecule has 0 aliphatic carbocycles. The topological polar surface area (TPSA) is 96.2 Å². The van der Waals surface area contributed by atoms with Crippen molar-refractivity contribution in [2.24, 2.45) is 5.73 Å². The van der Waals surface area contributed by atoms with Gasteiger partial charge in [-0.25, -0.2) is 13.6 Å². The van der Waals surface area contributed by atoms with Crippen molar-refractivity contribution >= 4 is 29.0 Å². The van der Waals surface area contributed by atoms with Crippen molar-refractivity contribution < 1.29 is 18.4 Å². The van der Waals surface area contributed by atoms with Crippen molar-refractivity contribution in [1.29, 1.82) is 0 Å². The highest BCUT2D eigenvalue weighted by Crippen LogP contribution is 2.35. The van der Waals surface area contributed by atoms with Gasteiger partial charge < -0.3 is 21.7 Å². The third-order valence-electron chi connectivity index (χ3n) is 3.98. The van der Waals surface area contributed by atoms with Gasteiger partial charge in [-0.2, -0.15) is 0 Å². The number of nitrogens with two attached hydrogens (primary N) is 1. The molecule has 1 aliphatic heterocycles. The first-order valence-corrected chi connectivity index (χ1v) is 8.92. The van der Waals surface area contributed by atoms with Gasteiger partial charge in [-0.1, -0.05) is 0 Å². The number of hydrogen-bond donors (Lipinski definition) is 4. The molecule has 1 aromatic carbocycles. The molecule has 5 N–H and O–H groups in total. The second-order valence-corrected chi connectivity index (χ2v) is 7.07. The van der Waals surface area contributed by atoms with E-state index in [0.717, 1.165) is 48.9 Å². The molecule has 9 heteroatoms. The summed E-state index contributed by atoms with van der Waals surface area (Å²) in [6.45, 7) is 1.58. The zero-order chi connectivity index (χ0) is 18.7. The Balaban J connectivity index is 1.90. The molecule has 0 bridgehead atoms. The maximum Gasteiger partial charge on any atom is 0.316 e. The van der Waals surface area contributed by atoms with Crippen LogP contribution in [0.25, 0.3) is 10.4 Å². The summed E-state index contributed by atoms with van der Waals surface area (Å²) in [5.41, 5.74) is 5.65. The Labute approximate surface area is 152 Å². The highest BCUT2D eigenvalue weighted by molar-refractivity contribution is 7.18. The van der Waals surface area contributed by atoms with Gasteiger partial charge >= 0.3 is 6.03 Å². The molecule has 1 aliphatic rings. The van der Waals surface area contributed by atoms with Crippen LogP contribution in [0, 0.1) is 11.6 Å². The zero-order valence-electron chi connectivity index (χ0n) is 13.8.